The van der Waals surface area contributed by atoms with Gasteiger partial charge in [-0.25, -0.2) is 5.43 Å². The Morgan fingerprint density at radius 3 is 2.85 bits per heavy atom. The molecule has 0 saturated carbocycles. The van der Waals surface area contributed by atoms with Gasteiger partial charge in [0, 0.05) is 24.8 Å². The number of fused-ring (bicyclic) bond motifs is 1. The van der Waals surface area contributed by atoms with E-state index in [4.69, 9.17) is 5.84 Å². The molecule has 5 nitrogen and oxygen atoms in total. The van der Waals surface area contributed by atoms with Crippen LogP contribution in [0.4, 0.5) is 0 Å². The molecule has 0 fully saturated rings. The summed E-state index contributed by atoms with van der Waals surface area (Å²) in [4.78, 5) is 4.16. The Morgan fingerprint density at radius 2 is 2.15 bits per heavy atom. The Morgan fingerprint density at radius 1 is 1.30 bits per heavy atom. The third-order valence-corrected chi connectivity index (χ3v) is 3.53. The number of nitrogens with two attached hydrogens (primary N) is 1. The van der Waals surface area contributed by atoms with Gasteiger partial charge in [0.15, 0.2) is 0 Å². The van der Waals surface area contributed by atoms with E-state index >= 15 is 0 Å². The highest BCUT2D eigenvalue weighted by Gasteiger charge is 2.18. The van der Waals surface area contributed by atoms with Crippen LogP contribution < -0.4 is 11.3 Å². The fourth-order valence-corrected chi connectivity index (χ4v) is 2.63. The van der Waals surface area contributed by atoms with Crippen LogP contribution in [0.15, 0.2) is 42.7 Å². The fraction of sp³-hybridized carbons (Fsp3) is 0.200. The second-order valence-corrected chi connectivity index (χ2v) is 4.88. The lowest BCUT2D eigenvalue weighted by Crippen LogP contribution is -2.30. The van der Waals surface area contributed by atoms with E-state index in [1.165, 1.54) is 0 Å². The van der Waals surface area contributed by atoms with Gasteiger partial charge in [0.25, 0.3) is 0 Å². The predicted molar refractivity (Wildman–Crippen MR) is 78.9 cm³/mol. The lowest BCUT2D eigenvalue weighted by Gasteiger charge is -2.18. The second kappa shape index (κ2) is 5.03. The zero-order valence-electron chi connectivity index (χ0n) is 11.5. The first-order valence-corrected chi connectivity index (χ1v) is 6.50. The summed E-state index contributed by atoms with van der Waals surface area (Å²) in [7, 11) is 1.93. The van der Waals surface area contributed by atoms with Gasteiger partial charge in [-0.05, 0) is 30.0 Å². The molecule has 0 aliphatic heterocycles. The highest BCUT2D eigenvalue weighted by Crippen LogP contribution is 2.28. The molecule has 20 heavy (non-hydrogen) atoms. The molecule has 3 rings (SSSR count). The van der Waals surface area contributed by atoms with Gasteiger partial charge >= 0.3 is 0 Å². The molecular weight excluding hydrogens is 250 g/mol. The first kappa shape index (κ1) is 12.8. The fourth-order valence-electron chi connectivity index (χ4n) is 2.63. The minimum atomic E-state index is -0.104. The smallest absolute Gasteiger partial charge is 0.0884 e. The van der Waals surface area contributed by atoms with E-state index in [0.717, 1.165) is 27.7 Å². The van der Waals surface area contributed by atoms with Crippen molar-refractivity contribution in [1.29, 1.82) is 0 Å². The zero-order chi connectivity index (χ0) is 14.1. The van der Waals surface area contributed by atoms with Crippen molar-refractivity contribution in [1.82, 2.24) is 20.2 Å². The largest absolute Gasteiger partial charge is 0.271 e. The Labute approximate surface area is 117 Å². The average Bonchev–Trinajstić information content (AvgIpc) is 2.79. The van der Waals surface area contributed by atoms with Gasteiger partial charge in [0.2, 0.25) is 0 Å². The number of nitrogens with one attached hydrogen (secondary N) is 1. The Balaban J connectivity index is 2.19. The topological polar surface area (TPSA) is 68.8 Å². The number of rotatable bonds is 3. The predicted octanol–water partition coefficient (Wildman–Crippen LogP) is 1.83. The monoisotopic (exact) mass is 267 g/mol. The lowest BCUT2D eigenvalue weighted by atomic mass is 9.98. The molecule has 2 heterocycles. The highest BCUT2D eigenvalue weighted by molar-refractivity contribution is 5.85. The molecular formula is C15H17N5. The van der Waals surface area contributed by atoms with Crippen LogP contribution in [-0.4, -0.2) is 14.8 Å². The van der Waals surface area contributed by atoms with Gasteiger partial charge < -0.3 is 0 Å². The summed E-state index contributed by atoms with van der Waals surface area (Å²) in [5.74, 6) is 5.80. The van der Waals surface area contributed by atoms with Crippen LogP contribution >= 0.6 is 0 Å². The van der Waals surface area contributed by atoms with E-state index in [1.807, 2.05) is 49.1 Å². The van der Waals surface area contributed by atoms with Crippen molar-refractivity contribution in [2.75, 3.05) is 0 Å². The normalized spacial score (nSPS) is 12.8. The molecule has 0 aliphatic carbocycles. The third-order valence-electron chi connectivity index (χ3n) is 3.53. The van der Waals surface area contributed by atoms with E-state index < -0.39 is 0 Å². The van der Waals surface area contributed by atoms with E-state index in [0.29, 0.717) is 0 Å². The van der Waals surface area contributed by atoms with Crippen molar-refractivity contribution in [2.24, 2.45) is 12.9 Å². The number of aromatic nitrogens is 3. The summed E-state index contributed by atoms with van der Waals surface area (Å²) < 4.78 is 1.86. The van der Waals surface area contributed by atoms with Gasteiger partial charge in [-0.1, -0.05) is 18.2 Å². The third kappa shape index (κ3) is 2.07. The molecule has 0 bridgehead atoms. The van der Waals surface area contributed by atoms with Crippen molar-refractivity contribution in [3.63, 3.8) is 0 Å². The molecule has 1 aromatic carbocycles. The molecule has 5 heteroatoms. The molecule has 102 valence electrons. The van der Waals surface area contributed by atoms with Gasteiger partial charge in [0.05, 0.1) is 17.4 Å². The summed E-state index contributed by atoms with van der Waals surface area (Å²) in [6.07, 6.45) is 3.66. The molecule has 1 unspecified atom stereocenters. The molecule has 1 atom stereocenters. The number of nitrogens with zero attached hydrogens (tertiary/aromatic N) is 3. The minimum absolute atomic E-state index is 0.104. The highest BCUT2D eigenvalue weighted by atomic mass is 15.3. The summed E-state index contributed by atoms with van der Waals surface area (Å²) in [6, 6.07) is 10.1. The van der Waals surface area contributed by atoms with Crippen molar-refractivity contribution in [3.05, 3.63) is 59.7 Å². The Hall–Kier alpha value is -2.24. The van der Waals surface area contributed by atoms with E-state index in [9.17, 15) is 0 Å². The van der Waals surface area contributed by atoms with Gasteiger partial charge in [-0.15, -0.1) is 0 Å². The van der Waals surface area contributed by atoms with Crippen LogP contribution in [0, 0.1) is 6.92 Å². The number of hydrazine groups is 1. The number of hydrogen-bond donors (Lipinski definition) is 2. The van der Waals surface area contributed by atoms with Crippen molar-refractivity contribution >= 4 is 10.8 Å². The van der Waals surface area contributed by atoms with Gasteiger partial charge in [-0.2, -0.15) is 5.10 Å². The standard InChI is InChI=1S/C15H17N5/c1-10-8-14(20(2)19-10)15(18-16)13-5-3-4-11-9-17-7-6-12(11)13/h3-9,15,18H,16H2,1-2H3. The quantitative estimate of drug-likeness (QED) is 0.561. The molecule has 0 spiro atoms. The van der Waals surface area contributed by atoms with Crippen LogP contribution in [0.1, 0.15) is 23.0 Å². The zero-order valence-corrected chi connectivity index (χ0v) is 11.5. The number of benzene rings is 1. The molecule has 0 saturated heterocycles. The van der Waals surface area contributed by atoms with Crippen LogP contribution in [0.2, 0.25) is 0 Å². The summed E-state index contributed by atoms with van der Waals surface area (Å²) >= 11 is 0. The Bertz CT molecular complexity index is 742. The van der Waals surface area contributed by atoms with Gasteiger partial charge in [-0.3, -0.25) is 15.5 Å². The molecule has 0 radical (unpaired) electrons. The number of hydrogen-bond acceptors (Lipinski definition) is 4. The molecule has 3 N–H and O–H groups in total. The SMILES string of the molecule is Cc1cc(C(NN)c2cccc3cnccc23)n(C)n1. The summed E-state index contributed by atoms with van der Waals surface area (Å²) in [5, 5.41) is 6.64. The summed E-state index contributed by atoms with van der Waals surface area (Å²) in [6.45, 7) is 1.98. The average molecular weight is 267 g/mol. The van der Waals surface area contributed by atoms with E-state index in [-0.39, 0.29) is 6.04 Å². The van der Waals surface area contributed by atoms with Crippen molar-refractivity contribution in [3.8, 4) is 0 Å². The van der Waals surface area contributed by atoms with Crippen LogP contribution in [0.3, 0.4) is 0 Å². The van der Waals surface area contributed by atoms with Crippen LogP contribution in [0.5, 0.6) is 0 Å². The minimum Gasteiger partial charge on any atom is -0.271 e. The maximum absolute atomic E-state index is 5.80. The van der Waals surface area contributed by atoms with E-state index in [2.05, 4.69) is 21.6 Å². The number of aryl methyl sites for hydroxylation is 2. The van der Waals surface area contributed by atoms with Gasteiger partial charge in [0.1, 0.15) is 0 Å². The Kier molecular flexibility index (Phi) is 3.22. The molecule has 2 aromatic heterocycles. The van der Waals surface area contributed by atoms with Crippen molar-refractivity contribution in [2.45, 2.75) is 13.0 Å². The summed E-state index contributed by atoms with van der Waals surface area (Å²) in [5.41, 5.74) is 6.03. The maximum Gasteiger partial charge on any atom is 0.0884 e. The van der Waals surface area contributed by atoms with Crippen LogP contribution in [0.25, 0.3) is 10.8 Å². The number of pyridine rings is 1. The molecule has 0 aliphatic rings. The first-order valence-electron chi connectivity index (χ1n) is 6.50. The van der Waals surface area contributed by atoms with Crippen molar-refractivity contribution < 1.29 is 0 Å². The van der Waals surface area contributed by atoms with E-state index in [1.54, 1.807) is 6.20 Å². The maximum atomic E-state index is 5.80. The second-order valence-electron chi connectivity index (χ2n) is 4.88. The molecule has 3 aromatic rings. The lowest BCUT2D eigenvalue weighted by molar-refractivity contribution is 0.577. The molecule has 0 amide bonds. The van der Waals surface area contributed by atoms with Crippen LogP contribution in [-0.2, 0) is 7.05 Å². The first-order chi connectivity index (χ1) is 9.70.